The zero-order valence-corrected chi connectivity index (χ0v) is 13.4. The highest BCUT2D eigenvalue weighted by Crippen LogP contribution is 2.25. The van der Waals surface area contributed by atoms with Crippen molar-refractivity contribution in [2.45, 2.75) is 13.0 Å². The third-order valence-corrected chi connectivity index (χ3v) is 3.19. The Morgan fingerprint density at radius 2 is 2.05 bits per heavy atom. The van der Waals surface area contributed by atoms with Crippen LogP contribution in [0.3, 0.4) is 0 Å². The van der Waals surface area contributed by atoms with Gasteiger partial charge in [0.15, 0.2) is 10.8 Å². The van der Waals surface area contributed by atoms with Crippen LogP contribution in [0.25, 0.3) is 0 Å². The van der Waals surface area contributed by atoms with Gasteiger partial charge < -0.3 is 10.5 Å². The smallest absolute Gasteiger partial charge is 0.289 e. The lowest BCUT2D eigenvalue weighted by Crippen LogP contribution is -2.22. The Hall–Kier alpha value is -1.82. The van der Waals surface area contributed by atoms with Crippen molar-refractivity contribution in [3.63, 3.8) is 0 Å². The van der Waals surface area contributed by atoms with Crippen LogP contribution in [-0.2, 0) is 13.0 Å². The highest BCUT2D eigenvalue weighted by molar-refractivity contribution is 6.31. The average molecular weight is 342 g/mol. The van der Waals surface area contributed by atoms with Crippen LogP contribution < -0.4 is 16.0 Å². The maximum atomic E-state index is 11.9. The molecule has 1 aromatic heterocycles. The van der Waals surface area contributed by atoms with E-state index in [-0.39, 0.29) is 23.2 Å². The maximum absolute atomic E-state index is 11.9. The van der Waals surface area contributed by atoms with Gasteiger partial charge in [0.2, 0.25) is 0 Å². The SMILES string of the molecule is C=CCn1ncc(Oc2ccc(CCN)cc2)c(Cl)c1=O.Cl. The topological polar surface area (TPSA) is 70.1 Å². The Labute approximate surface area is 139 Å². The zero-order valence-electron chi connectivity index (χ0n) is 11.9. The van der Waals surface area contributed by atoms with E-state index in [9.17, 15) is 4.79 Å². The van der Waals surface area contributed by atoms with Crippen LogP contribution in [0.5, 0.6) is 11.5 Å². The van der Waals surface area contributed by atoms with E-state index in [4.69, 9.17) is 22.1 Å². The van der Waals surface area contributed by atoms with Gasteiger partial charge in [-0.3, -0.25) is 4.79 Å². The fourth-order valence-corrected chi connectivity index (χ4v) is 1.98. The lowest BCUT2D eigenvalue weighted by molar-refractivity contribution is 0.471. The molecule has 0 saturated carbocycles. The molecule has 0 fully saturated rings. The first-order valence-corrected chi connectivity index (χ1v) is 6.87. The molecule has 0 amide bonds. The molecule has 0 spiro atoms. The second-order valence-electron chi connectivity index (χ2n) is 4.38. The van der Waals surface area contributed by atoms with Crippen LogP contribution in [-0.4, -0.2) is 16.3 Å². The first-order valence-electron chi connectivity index (χ1n) is 6.49. The molecule has 0 aliphatic heterocycles. The number of halogens is 2. The van der Waals surface area contributed by atoms with Crippen LogP contribution in [0, 0.1) is 0 Å². The molecule has 2 N–H and O–H groups in total. The summed E-state index contributed by atoms with van der Waals surface area (Å²) in [4.78, 5) is 11.9. The van der Waals surface area contributed by atoms with Crippen LogP contribution in [0.1, 0.15) is 5.56 Å². The first-order chi connectivity index (χ1) is 10.2. The highest BCUT2D eigenvalue weighted by Gasteiger charge is 2.10. The van der Waals surface area contributed by atoms with Crippen LogP contribution >= 0.6 is 24.0 Å². The van der Waals surface area contributed by atoms with Gasteiger partial charge in [0, 0.05) is 0 Å². The fourth-order valence-electron chi connectivity index (χ4n) is 1.79. The van der Waals surface area contributed by atoms with Gasteiger partial charge in [-0.15, -0.1) is 19.0 Å². The summed E-state index contributed by atoms with van der Waals surface area (Å²) in [5.74, 6) is 0.814. The molecule has 5 nitrogen and oxygen atoms in total. The van der Waals surface area contributed by atoms with Gasteiger partial charge in [0.1, 0.15) is 5.75 Å². The molecule has 2 aromatic rings. The third-order valence-electron chi connectivity index (χ3n) is 2.84. The number of rotatable bonds is 6. The van der Waals surface area contributed by atoms with Crippen molar-refractivity contribution in [1.29, 1.82) is 0 Å². The summed E-state index contributed by atoms with van der Waals surface area (Å²) in [6.45, 7) is 4.45. The van der Waals surface area contributed by atoms with Crippen molar-refractivity contribution < 1.29 is 4.74 Å². The molecule has 0 aliphatic rings. The minimum absolute atomic E-state index is 0. The van der Waals surface area contributed by atoms with E-state index < -0.39 is 5.56 Å². The van der Waals surface area contributed by atoms with Crippen LogP contribution in [0.4, 0.5) is 0 Å². The highest BCUT2D eigenvalue weighted by atomic mass is 35.5. The summed E-state index contributed by atoms with van der Waals surface area (Å²) in [6.07, 6.45) is 3.79. The Kier molecular flexibility index (Phi) is 7.11. The van der Waals surface area contributed by atoms with E-state index in [2.05, 4.69) is 11.7 Å². The molecular formula is C15H17Cl2N3O2. The van der Waals surface area contributed by atoms with Crippen molar-refractivity contribution in [2.24, 2.45) is 5.73 Å². The summed E-state index contributed by atoms with van der Waals surface area (Å²) >= 11 is 6.02. The quantitative estimate of drug-likeness (QED) is 0.820. The van der Waals surface area contributed by atoms with Gasteiger partial charge in [-0.1, -0.05) is 29.8 Å². The van der Waals surface area contributed by atoms with E-state index >= 15 is 0 Å². The van der Waals surface area contributed by atoms with Crippen molar-refractivity contribution >= 4 is 24.0 Å². The molecule has 7 heteroatoms. The summed E-state index contributed by atoms with van der Waals surface area (Å²) in [7, 11) is 0. The van der Waals surface area contributed by atoms with Crippen molar-refractivity contribution in [2.75, 3.05) is 6.54 Å². The van der Waals surface area contributed by atoms with E-state index in [1.807, 2.05) is 12.1 Å². The number of benzene rings is 1. The normalized spacial score (nSPS) is 9.91. The average Bonchev–Trinajstić information content (AvgIpc) is 2.49. The number of hydrogen-bond donors (Lipinski definition) is 1. The lowest BCUT2D eigenvalue weighted by Gasteiger charge is -2.09. The monoisotopic (exact) mass is 341 g/mol. The van der Waals surface area contributed by atoms with Crippen molar-refractivity contribution in [3.05, 3.63) is 64.1 Å². The third kappa shape index (κ3) is 4.34. The van der Waals surface area contributed by atoms with Crippen molar-refractivity contribution in [3.8, 4) is 11.5 Å². The lowest BCUT2D eigenvalue weighted by atomic mass is 10.1. The fraction of sp³-hybridized carbons (Fsp3) is 0.200. The molecule has 0 aliphatic carbocycles. The molecule has 2 rings (SSSR count). The van der Waals surface area contributed by atoms with E-state index in [0.717, 1.165) is 12.0 Å². The molecule has 0 unspecified atom stereocenters. The van der Waals surface area contributed by atoms with Gasteiger partial charge in [0.25, 0.3) is 5.56 Å². The Morgan fingerprint density at radius 3 is 2.64 bits per heavy atom. The predicted molar refractivity (Wildman–Crippen MR) is 90.2 cm³/mol. The minimum Gasteiger partial charge on any atom is -0.454 e. The maximum Gasteiger partial charge on any atom is 0.289 e. The Morgan fingerprint density at radius 1 is 1.36 bits per heavy atom. The standard InChI is InChI=1S/C15H16ClN3O2.ClH/c1-2-9-19-15(20)14(16)13(10-18-19)21-12-5-3-11(4-6-12)7-8-17;/h2-6,10H,1,7-9,17H2;1H. The molecule has 1 aromatic carbocycles. The largest absolute Gasteiger partial charge is 0.454 e. The molecule has 1 heterocycles. The van der Waals surface area contributed by atoms with E-state index in [0.29, 0.717) is 18.8 Å². The molecule has 0 atom stereocenters. The van der Waals surface area contributed by atoms with Gasteiger partial charge in [-0.25, -0.2) is 4.68 Å². The number of aromatic nitrogens is 2. The van der Waals surface area contributed by atoms with Gasteiger partial charge >= 0.3 is 0 Å². The number of nitrogens with zero attached hydrogens (tertiary/aromatic N) is 2. The Bertz CT molecular complexity index is 684. The molecule has 0 saturated heterocycles. The van der Waals surface area contributed by atoms with Gasteiger partial charge in [-0.2, -0.15) is 5.10 Å². The van der Waals surface area contributed by atoms with Gasteiger partial charge in [-0.05, 0) is 30.7 Å². The minimum atomic E-state index is -0.409. The summed E-state index contributed by atoms with van der Waals surface area (Å²) in [5.41, 5.74) is 6.21. The summed E-state index contributed by atoms with van der Waals surface area (Å²) in [5, 5.41) is 3.98. The molecule has 0 radical (unpaired) electrons. The Balaban J connectivity index is 0.00000242. The van der Waals surface area contributed by atoms with Crippen molar-refractivity contribution in [1.82, 2.24) is 9.78 Å². The first kappa shape index (κ1) is 18.2. The molecule has 0 bridgehead atoms. The zero-order chi connectivity index (χ0) is 15.2. The molecule has 118 valence electrons. The number of nitrogens with two attached hydrogens (primary N) is 1. The number of allylic oxidation sites excluding steroid dienone is 1. The molecular weight excluding hydrogens is 325 g/mol. The van der Waals surface area contributed by atoms with Crippen LogP contribution in [0.2, 0.25) is 5.02 Å². The molecule has 22 heavy (non-hydrogen) atoms. The second-order valence-corrected chi connectivity index (χ2v) is 4.76. The van der Waals surface area contributed by atoms with Crippen LogP contribution in [0.15, 0.2) is 47.9 Å². The summed E-state index contributed by atoms with van der Waals surface area (Å²) in [6, 6.07) is 7.44. The van der Waals surface area contributed by atoms with E-state index in [1.165, 1.54) is 10.9 Å². The second kappa shape index (κ2) is 8.58. The number of ether oxygens (including phenoxy) is 1. The number of hydrogen-bond acceptors (Lipinski definition) is 4. The van der Waals surface area contributed by atoms with Gasteiger partial charge in [0.05, 0.1) is 12.7 Å². The predicted octanol–water partition coefficient (Wildman–Crippen LogP) is 2.80. The summed E-state index contributed by atoms with van der Waals surface area (Å²) < 4.78 is 6.81. The van der Waals surface area contributed by atoms with E-state index in [1.54, 1.807) is 18.2 Å².